The maximum atomic E-state index is 9.03. The lowest BCUT2D eigenvalue weighted by Crippen LogP contribution is -2.22. The Bertz CT molecular complexity index is 893. The fraction of sp³-hybridized carbons (Fsp3) is 0.250. The summed E-state index contributed by atoms with van der Waals surface area (Å²) >= 11 is 0. The number of hydrogen-bond acceptors (Lipinski definition) is 5. The minimum absolute atomic E-state index is 0.0248. The third-order valence-electron chi connectivity index (χ3n) is 4.15. The fourth-order valence-electron chi connectivity index (χ4n) is 2.76. The molecule has 0 saturated heterocycles. The van der Waals surface area contributed by atoms with Crippen LogP contribution in [-0.4, -0.2) is 10.2 Å². The summed E-state index contributed by atoms with van der Waals surface area (Å²) in [4.78, 5) is 0. The molecule has 1 N–H and O–H groups in total. The molecule has 25 heavy (non-hydrogen) atoms. The Morgan fingerprint density at radius 2 is 1.76 bits per heavy atom. The predicted octanol–water partition coefficient (Wildman–Crippen LogP) is 4.33. The van der Waals surface area contributed by atoms with Gasteiger partial charge in [0.2, 0.25) is 11.8 Å². The molecule has 0 amide bonds. The average Bonchev–Trinajstić information content (AvgIpc) is 3.08. The van der Waals surface area contributed by atoms with E-state index in [1.807, 2.05) is 31.2 Å². The number of aromatic nitrogens is 2. The van der Waals surface area contributed by atoms with Crippen molar-refractivity contribution in [3.63, 3.8) is 0 Å². The van der Waals surface area contributed by atoms with E-state index in [1.165, 1.54) is 5.56 Å². The van der Waals surface area contributed by atoms with Gasteiger partial charge in [-0.05, 0) is 42.7 Å². The third kappa shape index (κ3) is 3.93. The monoisotopic (exact) mass is 332 g/mol. The highest BCUT2D eigenvalue weighted by Gasteiger charge is 2.16. The van der Waals surface area contributed by atoms with E-state index in [9.17, 15) is 0 Å². The van der Waals surface area contributed by atoms with Crippen molar-refractivity contribution in [3.05, 3.63) is 71.4 Å². The molecule has 0 aliphatic rings. The van der Waals surface area contributed by atoms with Crippen LogP contribution in [0.2, 0.25) is 0 Å². The van der Waals surface area contributed by atoms with Crippen LogP contribution in [0.4, 0.5) is 0 Å². The number of rotatable bonds is 5. The van der Waals surface area contributed by atoms with Gasteiger partial charge in [-0.25, -0.2) is 0 Å². The standard InChI is InChI=1S/C20H20N4O/c1-13(22-14(2)20-24-23-15(3)25-20)17-7-9-18(10-8-17)19-6-4-5-16(11-19)12-21/h4-11,13-14,22H,1-3H3/t13-,14+/m1/s1. The highest BCUT2D eigenvalue weighted by molar-refractivity contribution is 5.65. The predicted molar refractivity (Wildman–Crippen MR) is 95.6 cm³/mol. The van der Waals surface area contributed by atoms with Gasteiger partial charge in [-0.1, -0.05) is 36.4 Å². The molecule has 3 rings (SSSR count). The zero-order valence-corrected chi connectivity index (χ0v) is 14.5. The first-order valence-electron chi connectivity index (χ1n) is 8.23. The molecular formula is C20H20N4O. The summed E-state index contributed by atoms with van der Waals surface area (Å²) in [5.41, 5.74) is 3.97. The minimum Gasteiger partial charge on any atom is -0.424 e. The van der Waals surface area contributed by atoms with Crippen LogP contribution in [0.25, 0.3) is 11.1 Å². The largest absolute Gasteiger partial charge is 0.424 e. The molecule has 0 spiro atoms. The molecule has 1 aromatic heterocycles. The van der Waals surface area contributed by atoms with Crippen LogP contribution in [0.3, 0.4) is 0 Å². The van der Waals surface area contributed by atoms with Crippen molar-refractivity contribution in [3.8, 4) is 17.2 Å². The molecule has 0 unspecified atom stereocenters. The van der Waals surface area contributed by atoms with Crippen LogP contribution in [0.5, 0.6) is 0 Å². The summed E-state index contributed by atoms with van der Waals surface area (Å²) in [6.07, 6.45) is 0. The zero-order valence-electron chi connectivity index (χ0n) is 14.5. The van der Waals surface area contributed by atoms with E-state index in [-0.39, 0.29) is 12.1 Å². The first kappa shape index (κ1) is 16.9. The van der Waals surface area contributed by atoms with Crippen LogP contribution in [0.15, 0.2) is 52.9 Å². The Kier molecular flexibility index (Phi) is 4.92. The molecule has 5 heteroatoms. The highest BCUT2D eigenvalue weighted by Crippen LogP contribution is 2.24. The van der Waals surface area contributed by atoms with E-state index in [1.54, 1.807) is 6.92 Å². The van der Waals surface area contributed by atoms with E-state index in [2.05, 4.69) is 52.8 Å². The summed E-state index contributed by atoms with van der Waals surface area (Å²) in [5, 5.41) is 20.4. The van der Waals surface area contributed by atoms with E-state index < -0.39 is 0 Å². The van der Waals surface area contributed by atoms with Crippen molar-refractivity contribution < 1.29 is 4.42 Å². The molecule has 0 aliphatic carbocycles. The van der Waals surface area contributed by atoms with Crippen molar-refractivity contribution in [2.24, 2.45) is 0 Å². The lowest BCUT2D eigenvalue weighted by Gasteiger charge is -2.18. The number of hydrogen-bond donors (Lipinski definition) is 1. The Labute approximate surface area is 147 Å². The molecule has 2 atom stereocenters. The Balaban J connectivity index is 1.72. The van der Waals surface area contributed by atoms with Crippen molar-refractivity contribution in [2.45, 2.75) is 32.9 Å². The van der Waals surface area contributed by atoms with Crippen LogP contribution in [0, 0.1) is 18.3 Å². The zero-order chi connectivity index (χ0) is 17.8. The highest BCUT2D eigenvalue weighted by atomic mass is 16.4. The van der Waals surface area contributed by atoms with Gasteiger partial charge in [0.05, 0.1) is 17.7 Å². The Morgan fingerprint density at radius 1 is 1.00 bits per heavy atom. The van der Waals surface area contributed by atoms with Gasteiger partial charge in [0.25, 0.3) is 0 Å². The minimum atomic E-state index is -0.0248. The van der Waals surface area contributed by atoms with Crippen LogP contribution in [0.1, 0.15) is 48.8 Å². The maximum Gasteiger partial charge on any atom is 0.233 e. The van der Waals surface area contributed by atoms with Crippen LogP contribution >= 0.6 is 0 Å². The normalized spacial score (nSPS) is 13.2. The van der Waals surface area contributed by atoms with Gasteiger partial charge in [0.1, 0.15) is 0 Å². The number of nitrogens with zero attached hydrogens (tertiary/aromatic N) is 3. The van der Waals surface area contributed by atoms with Gasteiger partial charge in [-0.2, -0.15) is 5.26 Å². The summed E-state index contributed by atoms with van der Waals surface area (Å²) in [6, 6.07) is 18.3. The lowest BCUT2D eigenvalue weighted by molar-refractivity contribution is 0.380. The molecule has 0 bridgehead atoms. The third-order valence-corrected chi connectivity index (χ3v) is 4.15. The molecule has 5 nitrogen and oxygen atoms in total. The van der Waals surface area contributed by atoms with Gasteiger partial charge in [-0.15, -0.1) is 10.2 Å². The molecular weight excluding hydrogens is 312 g/mol. The lowest BCUT2D eigenvalue weighted by atomic mass is 10.00. The number of aryl methyl sites for hydroxylation is 1. The second kappa shape index (κ2) is 7.29. The molecule has 0 radical (unpaired) electrons. The Hall–Kier alpha value is -2.97. The van der Waals surface area contributed by atoms with E-state index in [4.69, 9.17) is 9.68 Å². The van der Waals surface area contributed by atoms with Crippen LogP contribution in [-0.2, 0) is 0 Å². The average molecular weight is 332 g/mol. The summed E-state index contributed by atoms with van der Waals surface area (Å²) in [7, 11) is 0. The second-order valence-corrected chi connectivity index (χ2v) is 6.08. The molecule has 2 aromatic carbocycles. The molecule has 0 fully saturated rings. The van der Waals surface area contributed by atoms with Gasteiger partial charge in [0, 0.05) is 13.0 Å². The van der Waals surface area contributed by atoms with Gasteiger partial charge >= 0.3 is 0 Å². The van der Waals surface area contributed by atoms with Crippen molar-refractivity contribution >= 4 is 0 Å². The molecule has 126 valence electrons. The quantitative estimate of drug-likeness (QED) is 0.752. The van der Waals surface area contributed by atoms with Gasteiger partial charge < -0.3 is 4.42 Å². The summed E-state index contributed by atoms with van der Waals surface area (Å²) < 4.78 is 5.47. The number of nitriles is 1. The van der Waals surface area contributed by atoms with Crippen LogP contribution < -0.4 is 5.32 Å². The van der Waals surface area contributed by atoms with Crippen molar-refractivity contribution in [1.29, 1.82) is 5.26 Å². The number of nitrogens with one attached hydrogen (secondary N) is 1. The van der Waals surface area contributed by atoms with Crippen molar-refractivity contribution in [2.75, 3.05) is 0 Å². The number of benzene rings is 2. The molecule has 0 saturated carbocycles. The summed E-state index contributed by atoms with van der Waals surface area (Å²) in [5.74, 6) is 1.16. The second-order valence-electron chi connectivity index (χ2n) is 6.08. The van der Waals surface area contributed by atoms with E-state index >= 15 is 0 Å². The van der Waals surface area contributed by atoms with Gasteiger partial charge in [0.15, 0.2) is 0 Å². The maximum absolute atomic E-state index is 9.03. The Morgan fingerprint density at radius 3 is 2.40 bits per heavy atom. The summed E-state index contributed by atoms with van der Waals surface area (Å²) in [6.45, 7) is 5.89. The topological polar surface area (TPSA) is 74.7 Å². The fourth-order valence-corrected chi connectivity index (χ4v) is 2.76. The SMILES string of the molecule is Cc1nnc([C@H](C)N[C@H](C)c2ccc(-c3cccc(C#N)c3)cc2)o1. The van der Waals surface area contributed by atoms with Gasteiger partial charge in [-0.3, -0.25) is 5.32 Å². The van der Waals surface area contributed by atoms with E-state index in [0.717, 1.165) is 11.1 Å². The molecule has 0 aliphatic heterocycles. The first-order valence-corrected chi connectivity index (χ1v) is 8.23. The van der Waals surface area contributed by atoms with Crippen molar-refractivity contribution in [1.82, 2.24) is 15.5 Å². The smallest absolute Gasteiger partial charge is 0.233 e. The molecule has 1 heterocycles. The van der Waals surface area contributed by atoms with E-state index in [0.29, 0.717) is 17.3 Å². The first-order chi connectivity index (χ1) is 12.1. The molecule has 3 aromatic rings.